The highest BCUT2D eigenvalue weighted by atomic mass is 35.5. The molecule has 6 rings (SSSR count). The Bertz CT molecular complexity index is 1430. The number of halogens is 4. The third-order valence-corrected chi connectivity index (χ3v) is 8.27. The number of thiazole rings is 3. The van der Waals surface area contributed by atoms with Crippen molar-refractivity contribution >= 4 is 130 Å². The largest absolute Gasteiger partial charge is 0.382 e. The summed E-state index contributed by atoms with van der Waals surface area (Å²) in [6, 6.07) is 0. The molecule has 0 bridgehead atoms. The first-order valence-corrected chi connectivity index (χ1v) is 13.7. The summed E-state index contributed by atoms with van der Waals surface area (Å²) in [7, 11) is 0. The van der Waals surface area contributed by atoms with Crippen molar-refractivity contribution in [2.75, 3.05) is 17.2 Å². The molecule has 6 N–H and O–H groups in total. The number of hydrogen-bond donors (Lipinski definition) is 3. The number of aromatic nitrogens is 9. The van der Waals surface area contributed by atoms with E-state index in [1.54, 1.807) is 0 Å². The Morgan fingerprint density at radius 1 is 0.514 bits per heavy atom. The normalized spacial score (nSPS) is 10.5. The molecular formula is C18H16Cl4N12S3. The Morgan fingerprint density at radius 3 is 1.00 bits per heavy atom. The quantitative estimate of drug-likeness (QED) is 0.228. The summed E-state index contributed by atoms with van der Waals surface area (Å²) < 4.78 is 0. The van der Waals surface area contributed by atoms with E-state index < -0.39 is 0 Å². The van der Waals surface area contributed by atoms with Gasteiger partial charge in [-0.05, 0) is 0 Å². The minimum absolute atomic E-state index is 0. The van der Waals surface area contributed by atoms with Crippen LogP contribution in [-0.4, -0.2) is 44.9 Å². The van der Waals surface area contributed by atoms with Crippen molar-refractivity contribution in [3.05, 3.63) is 34.0 Å². The molecule has 0 spiro atoms. The van der Waals surface area contributed by atoms with Crippen LogP contribution >= 0.6 is 81.2 Å². The lowest BCUT2D eigenvalue weighted by molar-refractivity contribution is 1.21. The average molecular weight is 638 g/mol. The van der Waals surface area contributed by atoms with Gasteiger partial charge in [0.15, 0.2) is 17.5 Å². The lowest BCUT2D eigenvalue weighted by Crippen LogP contribution is -1.91. The zero-order chi connectivity index (χ0) is 25.7. The number of nitrogens with two attached hydrogens (primary N) is 3. The highest BCUT2D eigenvalue weighted by Gasteiger charge is 2.08. The van der Waals surface area contributed by atoms with Gasteiger partial charge in [0.25, 0.3) is 0 Å². The van der Waals surface area contributed by atoms with Gasteiger partial charge in [0.2, 0.25) is 0 Å². The van der Waals surface area contributed by atoms with E-state index in [9.17, 15) is 0 Å². The molecule has 37 heavy (non-hydrogen) atoms. The molecule has 19 heteroatoms. The number of nitrogens with zero attached hydrogens (tertiary/aromatic N) is 9. The SMILES string of the molecule is Cl.Nc1ncnc2sc(CCl)nc12.Nc1ncnc2sc(CCl)nc12.Nc1ncnc2sc(CCl)nc12. The van der Waals surface area contributed by atoms with Crippen LogP contribution < -0.4 is 17.2 Å². The number of fused-ring (bicyclic) bond motifs is 3. The fourth-order valence-corrected chi connectivity index (χ4v) is 5.57. The topological polar surface area (TPSA) is 194 Å². The maximum Gasteiger partial charge on any atom is 0.154 e. The van der Waals surface area contributed by atoms with Gasteiger partial charge >= 0.3 is 0 Å². The van der Waals surface area contributed by atoms with Crippen molar-refractivity contribution < 1.29 is 0 Å². The molecular weight excluding hydrogens is 622 g/mol. The second-order valence-corrected chi connectivity index (χ2v) is 10.4. The van der Waals surface area contributed by atoms with Gasteiger partial charge in [-0.1, -0.05) is 34.0 Å². The Labute approximate surface area is 242 Å². The summed E-state index contributed by atoms with van der Waals surface area (Å²) in [4.78, 5) is 38.4. The van der Waals surface area contributed by atoms with E-state index in [1.165, 1.54) is 53.0 Å². The van der Waals surface area contributed by atoms with Gasteiger partial charge < -0.3 is 17.2 Å². The van der Waals surface area contributed by atoms with E-state index >= 15 is 0 Å². The molecule has 0 atom stereocenters. The standard InChI is InChI=1S/3C6H5ClN4S.ClH/c3*7-1-3-11-4-5(8)9-2-10-6(4)12-3;/h3*2H,1H2,(H2,8,9,10);1H. The second kappa shape index (κ2) is 13.3. The first-order chi connectivity index (χ1) is 17.4. The summed E-state index contributed by atoms with van der Waals surface area (Å²) in [5.41, 5.74) is 18.7. The van der Waals surface area contributed by atoms with E-state index in [-0.39, 0.29) is 12.4 Å². The first kappa shape index (κ1) is 29.0. The van der Waals surface area contributed by atoms with Gasteiger partial charge in [-0.2, -0.15) is 0 Å². The summed E-state index contributed by atoms with van der Waals surface area (Å²) in [6.45, 7) is 0. The number of rotatable bonds is 3. The number of anilines is 3. The number of nitrogen functional groups attached to an aromatic ring is 3. The first-order valence-electron chi connectivity index (χ1n) is 9.69. The van der Waals surface area contributed by atoms with Crippen LogP contribution in [0.1, 0.15) is 15.0 Å². The molecule has 0 saturated carbocycles. The highest BCUT2D eigenvalue weighted by molar-refractivity contribution is 7.19. The van der Waals surface area contributed by atoms with Gasteiger partial charge in [0.05, 0.1) is 17.6 Å². The van der Waals surface area contributed by atoms with E-state index in [2.05, 4.69) is 44.9 Å². The maximum absolute atomic E-state index is 5.61. The van der Waals surface area contributed by atoms with E-state index in [0.29, 0.717) is 51.6 Å². The molecule has 0 unspecified atom stereocenters. The average Bonchev–Trinajstić information content (AvgIpc) is 3.62. The molecule has 0 amide bonds. The predicted molar refractivity (Wildman–Crippen MR) is 155 cm³/mol. The van der Waals surface area contributed by atoms with Crippen molar-refractivity contribution in [2.45, 2.75) is 17.6 Å². The molecule has 6 aromatic rings. The van der Waals surface area contributed by atoms with Gasteiger partial charge in [-0.25, -0.2) is 44.9 Å². The molecule has 12 nitrogen and oxygen atoms in total. The van der Waals surface area contributed by atoms with Gasteiger partial charge in [-0.3, -0.25) is 0 Å². The van der Waals surface area contributed by atoms with Crippen molar-refractivity contribution in [1.29, 1.82) is 0 Å². The zero-order valence-corrected chi connectivity index (χ0v) is 23.9. The van der Waals surface area contributed by atoms with Crippen molar-refractivity contribution in [3.8, 4) is 0 Å². The van der Waals surface area contributed by atoms with Crippen LogP contribution in [0, 0.1) is 0 Å². The maximum atomic E-state index is 5.61. The minimum Gasteiger partial charge on any atom is -0.382 e. The van der Waals surface area contributed by atoms with Crippen LogP contribution in [0.5, 0.6) is 0 Å². The van der Waals surface area contributed by atoms with Gasteiger partial charge in [-0.15, -0.1) is 47.2 Å². The molecule has 0 aliphatic carbocycles. The Balaban J connectivity index is 0.000000152. The van der Waals surface area contributed by atoms with Crippen LogP contribution in [0.4, 0.5) is 17.5 Å². The monoisotopic (exact) mass is 636 g/mol. The smallest absolute Gasteiger partial charge is 0.154 e. The van der Waals surface area contributed by atoms with Crippen LogP contribution in [0.3, 0.4) is 0 Å². The molecule has 6 aromatic heterocycles. The van der Waals surface area contributed by atoms with Crippen molar-refractivity contribution in [1.82, 2.24) is 44.9 Å². The van der Waals surface area contributed by atoms with Gasteiger partial charge in [0.1, 0.15) is 65.0 Å². The fourth-order valence-electron chi connectivity index (χ4n) is 2.61. The molecule has 0 aliphatic heterocycles. The van der Waals surface area contributed by atoms with Crippen molar-refractivity contribution in [3.63, 3.8) is 0 Å². The summed E-state index contributed by atoms with van der Waals surface area (Å²) in [6.07, 6.45) is 4.27. The van der Waals surface area contributed by atoms with E-state index in [1.807, 2.05) is 0 Å². The van der Waals surface area contributed by atoms with Crippen LogP contribution in [-0.2, 0) is 17.6 Å². The summed E-state index contributed by atoms with van der Waals surface area (Å²) in [5.74, 6) is 2.40. The molecule has 0 fully saturated rings. The van der Waals surface area contributed by atoms with Gasteiger partial charge in [0, 0.05) is 0 Å². The van der Waals surface area contributed by atoms with Crippen LogP contribution in [0.25, 0.3) is 31.0 Å². The van der Waals surface area contributed by atoms with E-state index in [4.69, 9.17) is 52.0 Å². The lowest BCUT2D eigenvalue weighted by atomic mass is 10.5. The minimum atomic E-state index is 0. The highest BCUT2D eigenvalue weighted by Crippen LogP contribution is 2.25. The molecule has 194 valence electrons. The third-order valence-electron chi connectivity index (χ3n) is 4.15. The Hall–Kier alpha value is -2.53. The van der Waals surface area contributed by atoms with E-state index in [0.717, 1.165) is 29.5 Å². The fraction of sp³-hybridized carbons (Fsp3) is 0.167. The molecule has 0 saturated heterocycles. The lowest BCUT2D eigenvalue weighted by Gasteiger charge is -1.88. The summed E-state index contributed by atoms with van der Waals surface area (Å²) in [5, 5.41) is 2.46. The predicted octanol–water partition coefficient (Wildman–Crippen LogP) is 4.64. The Kier molecular flexibility index (Phi) is 10.5. The molecule has 6 heterocycles. The Morgan fingerprint density at radius 2 is 0.784 bits per heavy atom. The summed E-state index contributed by atoms with van der Waals surface area (Å²) >= 11 is 21.1. The third kappa shape index (κ3) is 6.87. The number of alkyl halides is 3. The van der Waals surface area contributed by atoms with Crippen molar-refractivity contribution in [2.24, 2.45) is 0 Å². The van der Waals surface area contributed by atoms with Crippen LogP contribution in [0.15, 0.2) is 19.0 Å². The molecule has 0 radical (unpaired) electrons. The van der Waals surface area contributed by atoms with Crippen LogP contribution in [0.2, 0.25) is 0 Å². The zero-order valence-electron chi connectivity index (χ0n) is 18.4. The molecule has 0 aromatic carbocycles. The second-order valence-electron chi connectivity index (χ2n) is 6.46. The molecule has 0 aliphatic rings. The number of hydrogen-bond acceptors (Lipinski definition) is 15.